The Balaban J connectivity index is 2.36. The van der Waals surface area contributed by atoms with Crippen LogP contribution in [0.15, 0.2) is 0 Å². The molecule has 1 aliphatic heterocycles. The summed E-state index contributed by atoms with van der Waals surface area (Å²) in [6.45, 7) is 8.12. The number of rotatable bonds is 2. The van der Waals surface area contributed by atoms with Crippen molar-refractivity contribution in [1.29, 1.82) is 0 Å². The second-order valence-corrected chi connectivity index (χ2v) is 3.13. The fourth-order valence-electron chi connectivity index (χ4n) is 1.60. The first-order valence-electron chi connectivity index (χ1n) is 4.20. The minimum atomic E-state index is 0.806. The molecule has 0 amide bonds. The van der Waals surface area contributed by atoms with Crippen LogP contribution in [0.25, 0.3) is 0 Å². The lowest BCUT2D eigenvalue weighted by atomic mass is 10.2. The Morgan fingerprint density at radius 3 is 2.40 bits per heavy atom. The van der Waals surface area contributed by atoms with E-state index in [1.807, 2.05) is 0 Å². The Labute approximate surface area is 63.8 Å². The van der Waals surface area contributed by atoms with Crippen molar-refractivity contribution >= 4 is 0 Å². The lowest BCUT2D eigenvalue weighted by Gasteiger charge is -2.14. The minimum Gasteiger partial charge on any atom is -0.289 e. The van der Waals surface area contributed by atoms with Gasteiger partial charge < -0.3 is 0 Å². The number of hydrogen-bond acceptors (Lipinski definition) is 2. The Hall–Kier alpha value is -0.0800. The third-order valence-electron chi connectivity index (χ3n) is 2.43. The third-order valence-corrected chi connectivity index (χ3v) is 2.43. The molecule has 0 radical (unpaired) electrons. The van der Waals surface area contributed by atoms with E-state index in [2.05, 4.69) is 30.7 Å². The summed E-state index contributed by atoms with van der Waals surface area (Å²) < 4.78 is 0. The molecule has 0 spiro atoms. The quantitative estimate of drug-likeness (QED) is 0.567. The molecule has 0 aromatic rings. The zero-order chi connectivity index (χ0) is 7.56. The van der Waals surface area contributed by atoms with Crippen LogP contribution in [0.5, 0.6) is 0 Å². The molecule has 0 N–H and O–H groups in total. The van der Waals surface area contributed by atoms with E-state index in [1.54, 1.807) is 0 Å². The van der Waals surface area contributed by atoms with Crippen molar-refractivity contribution < 1.29 is 0 Å². The fourth-order valence-corrected chi connectivity index (χ4v) is 1.60. The van der Waals surface area contributed by atoms with Crippen molar-refractivity contribution in [3.05, 3.63) is 0 Å². The highest BCUT2D eigenvalue weighted by atomic mass is 15.4. The molecule has 10 heavy (non-hydrogen) atoms. The summed E-state index contributed by atoms with van der Waals surface area (Å²) in [5, 5.41) is 0. The third kappa shape index (κ3) is 1.50. The number of hydrogen-bond donors (Lipinski definition) is 0. The summed E-state index contributed by atoms with van der Waals surface area (Å²) in [6, 6.07) is 0.806. The van der Waals surface area contributed by atoms with E-state index >= 15 is 0 Å². The predicted molar refractivity (Wildman–Crippen MR) is 44.0 cm³/mol. The van der Waals surface area contributed by atoms with Gasteiger partial charge in [-0.3, -0.25) is 9.80 Å². The molecule has 2 nitrogen and oxygen atoms in total. The van der Waals surface area contributed by atoms with Gasteiger partial charge in [-0.1, -0.05) is 13.8 Å². The van der Waals surface area contributed by atoms with Gasteiger partial charge in [0.05, 0.1) is 6.67 Å². The summed E-state index contributed by atoms with van der Waals surface area (Å²) in [4.78, 5) is 4.91. The highest BCUT2D eigenvalue weighted by Crippen LogP contribution is 2.12. The largest absolute Gasteiger partial charge is 0.289 e. The Kier molecular flexibility index (Phi) is 2.69. The molecule has 0 aliphatic carbocycles. The number of likely N-dealkylation sites (N-methyl/N-ethyl adjacent to an activating group) is 2. The molecule has 0 bridgehead atoms. The van der Waals surface area contributed by atoms with Crippen molar-refractivity contribution in [2.75, 3.05) is 26.8 Å². The van der Waals surface area contributed by atoms with Crippen molar-refractivity contribution in [2.24, 2.45) is 0 Å². The maximum absolute atomic E-state index is 2.48. The first-order valence-corrected chi connectivity index (χ1v) is 4.20. The van der Waals surface area contributed by atoms with Gasteiger partial charge in [-0.05, 0) is 20.0 Å². The molecule has 2 heteroatoms. The van der Waals surface area contributed by atoms with Crippen LogP contribution in [0.2, 0.25) is 0 Å². The van der Waals surface area contributed by atoms with E-state index in [0.29, 0.717) is 0 Å². The van der Waals surface area contributed by atoms with E-state index in [9.17, 15) is 0 Å². The molecule has 1 fully saturated rings. The second kappa shape index (κ2) is 3.35. The zero-order valence-corrected chi connectivity index (χ0v) is 7.30. The first kappa shape index (κ1) is 8.02. The fraction of sp³-hybridized carbons (Fsp3) is 1.00. The van der Waals surface area contributed by atoms with Gasteiger partial charge in [0.2, 0.25) is 0 Å². The Morgan fingerprint density at radius 1 is 1.40 bits per heavy atom. The monoisotopic (exact) mass is 142 g/mol. The smallest absolute Gasteiger partial charge is 0.0507 e. The highest BCUT2D eigenvalue weighted by Gasteiger charge is 2.23. The standard InChI is InChI=1S/C8H18N2/c1-4-8-6-10(5-2)7-9(8)3/h8H,4-7H2,1-3H3. The highest BCUT2D eigenvalue weighted by molar-refractivity contribution is 4.77. The summed E-state index contributed by atoms with van der Waals surface area (Å²) >= 11 is 0. The van der Waals surface area contributed by atoms with Gasteiger partial charge in [0.25, 0.3) is 0 Å². The van der Waals surface area contributed by atoms with Crippen molar-refractivity contribution in [3.63, 3.8) is 0 Å². The summed E-state index contributed by atoms with van der Waals surface area (Å²) in [6.07, 6.45) is 1.28. The van der Waals surface area contributed by atoms with Crippen molar-refractivity contribution in [2.45, 2.75) is 26.3 Å². The van der Waals surface area contributed by atoms with E-state index in [4.69, 9.17) is 0 Å². The van der Waals surface area contributed by atoms with Crippen LogP contribution in [-0.2, 0) is 0 Å². The molecule has 1 saturated heterocycles. The molecule has 0 aromatic heterocycles. The van der Waals surface area contributed by atoms with Gasteiger partial charge in [-0.15, -0.1) is 0 Å². The molecular weight excluding hydrogens is 124 g/mol. The maximum Gasteiger partial charge on any atom is 0.0507 e. The average Bonchev–Trinajstić information content (AvgIpc) is 2.30. The van der Waals surface area contributed by atoms with Crippen molar-refractivity contribution in [1.82, 2.24) is 9.80 Å². The summed E-state index contributed by atoms with van der Waals surface area (Å²) in [7, 11) is 2.21. The van der Waals surface area contributed by atoms with Gasteiger partial charge in [0.15, 0.2) is 0 Å². The molecule has 1 heterocycles. The van der Waals surface area contributed by atoms with Gasteiger partial charge >= 0.3 is 0 Å². The van der Waals surface area contributed by atoms with Crippen molar-refractivity contribution in [3.8, 4) is 0 Å². The average molecular weight is 142 g/mol. The molecule has 1 aliphatic rings. The molecule has 0 aromatic carbocycles. The lowest BCUT2D eigenvalue weighted by Crippen LogP contribution is -2.25. The molecule has 0 saturated carbocycles. The minimum absolute atomic E-state index is 0.806. The topological polar surface area (TPSA) is 6.48 Å². The molecule has 60 valence electrons. The van der Waals surface area contributed by atoms with Gasteiger partial charge in [-0.2, -0.15) is 0 Å². The SMILES string of the molecule is CCC1CN(CC)CN1C. The lowest BCUT2D eigenvalue weighted by molar-refractivity contribution is 0.266. The normalized spacial score (nSPS) is 29.7. The van der Waals surface area contributed by atoms with Crippen LogP contribution < -0.4 is 0 Å². The molecule has 1 unspecified atom stereocenters. The van der Waals surface area contributed by atoms with Crippen LogP contribution in [0.3, 0.4) is 0 Å². The Morgan fingerprint density at radius 2 is 2.10 bits per heavy atom. The second-order valence-electron chi connectivity index (χ2n) is 3.13. The number of nitrogens with zero attached hydrogens (tertiary/aromatic N) is 2. The summed E-state index contributed by atoms with van der Waals surface area (Å²) in [5.74, 6) is 0. The Bertz CT molecular complexity index is 103. The molecule has 1 atom stereocenters. The zero-order valence-electron chi connectivity index (χ0n) is 7.30. The van der Waals surface area contributed by atoms with E-state index in [0.717, 1.165) is 12.7 Å². The molecule has 1 rings (SSSR count). The van der Waals surface area contributed by atoms with Crippen LogP contribution >= 0.6 is 0 Å². The van der Waals surface area contributed by atoms with E-state index < -0.39 is 0 Å². The first-order chi connectivity index (χ1) is 4.77. The summed E-state index contributed by atoms with van der Waals surface area (Å²) in [5.41, 5.74) is 0. The van der Waals surface area contributed by atoms with Crippen LogP contribution in [0.4, 0.5) is 0 Å². The van der Waals surface area contributed by atoms with Gasteiger partial charge in [0.1, 0.15) is 0 Å². The maximum atomic E-state index is 2.48. The van der Waals surface area contributed by atoms with Crippen LogP contribution in [0.1, 0.15) is 20.3 Å². The van der Waals surface area contributed by atoms with E-state index in [1.165, 1.54) is 19.5 Å². The van der Waals surface area contributed by atoms with Crippen LogP contribution in [-0.4, -0.2) is 42.6 Å². The van der Waals surface area contributed by atoms with E-state index in [-0.39, 0.29) is 0 Å². The van der Waals surface area contributed by atoms with Crippen LogP contribution in [0, 0.1) is 0 Å². The van der Waals surface area contributed by atoms with Gasteiger partial charge in [0, 0.05) is 12.6 Å². The predicted octanol–water partition coefficient (Wildman–Crippen LogP) is 0.990. The van der Waals surface area contributed by atoms with Gasteiger partial charge in [-0.25, -0.2) is 0 Å². The molecular formula is C8H18N2.